The number of carbonyl (C=O) groups excluding carboxylic acids is 1. The van der Waals surface area contributed by atoms with E-state index in [2.05, 4.69) is 30.8 Å². The molecule has 0 aliphatic carbocycles. The SMILES string of the molecule is O=C(CSc1nnc(-c2ccncc2)n1N=Cc1ccc(Cl)cc1)NN=Cc1ccc2c(c1)OCO2. The summed E-state index contributed by atoms with van der Waals surface area (Å²) in [6.07, 6.45) is 6.53. The average Bonchev–Trinajstić information content (AvgIpc) is 3.54. The molecule has 0 unspecified atom stereocenters. The van der Waals surface area contributed by atoms with E-state index in [1.54, 1.807) is 47.5 Å². The number of rotatable bonds is 8. The van der Waals surface area contributed by atoms with Gasteiger partial charge in [0, 0.05) is 23.0 Å². The molecule has 1 N–H and O–H groups in total. The second kappa shape index (κ2) is 11.0. The highest BCUT2D eigenvalue weighted by atomic mass is 35.5. The number of fused-ring (bicyclic) bond motifs is 1. The summed E-state index contributed by atoms with van der Waals surface area (Å²) in [6, 6.07) is 16.3. The first-order valence-corrected chi connectivity index (χ1v) is 12.0. The molecular weight excluding hydrogens is 502 g/mol. The predicted octanol–water partition coefficient (Wildman–Crippen LogP) is 3.85. The van der Waals surface area contributed by atoms with Crippen molar-refractivity contribution in [1.82, 2.24) is 25.3 Å². The Labute approximate surface area is 215 Å². The number of thioether (sulfide) groups is 1. The number of benzene rings is 2. The highest BCUT2D eigenvalue weighted by Crippen LogP contribution is 2.32. The molecule has 1 amide bonds. The van der Waals surface area contributed by atoms with Crippen molar-refractivity contribution in [2.45, 2.75) is 5.16 Å². The average molecular weight is 520 g/mol. The lowest BCUT2D eigenvalue weighted by Gasteiger charge is -2.04. The fraction of sp³-hybridized carbons (Fsp3) is 0.0833. The van der Waals surface area contributed by atoms with E-state index >= 15 is 0 Å². The number of halogens is 1. The summed E-state index contributed by atoms with van der Waals surface area (Å²) in [6.45, 7) is 0.196. The highest BCUT2D eigenvalue weighted by Gasteiger charge is 2.16. The van der Waals surface area contributed by atoms with Gasteiger partial charge in [-0.25, -0.2) is 5.43 Å². The largest absolute Gasteiger partial charge is 0.454 e. The summed E-state index contributed by atoms with van der Waals surface area (Å²) < 4.78 is 12.2. The van der Waals surface area contributed by atoms with Crippen molar-refractivity contribution in [1.29, 1.82) is 0 Å². The zero-order valence-electron chi connectivity index (χ0n) is 18.6. The summed E-state index contributed by atoms with van der Waals surface area (Å²) in [7, 11) is 0. The Morgan fingerprint density at radius 3 is 2.64 bits per heavy atom. The van der Waals surface area contributed by atoms with Crippen LogP contribution in [0.25, 0.3) is 11.4 Å². The molecule has 36 heavy (non-hydrogen) atoms. The number of hydrogen-bond acceptors (Lipinski definition) is 9. The number of carbonyl (C=O) groups is 1. The minimum atomic E-state index is -0.307. The molecule has 3 heterocycles. The number of aromatic nitrogens is 4. The monoisotopic (exact) mass is 519 g/mol. The first-order chi connectivity index (χ1) is 17.7. The summed E-state index contributed by atoms with van der Waals surface area (Å²) in [5.41, 5.74) is 4.92. The van der Waals surface area contributed by atoms with Crippen molar-refractivity contribution in [3.05, 3.63) is 83.1 Å². The van der Waals surface area contributed by atoms with Crippen LogP contribution in [0.5, 0.6) is 11.5 Å². The molecule has 1 aliphatic rings. The van der Waals surface area contributed by atoms with E-state index in [1.165, 1.54) is 18.0 Å². The minimum absolute atomic E-state index is 0.0590. The summed E-state index contributed by atoms with van der Waals surface area (Å²) >= 11 is 7.16. The Hall–Kier alpha value is -4.22. The minimum Gasteiger partial charge on any atom is -0.454 e. The van der Waals surface area contributed by atoms with Gasteiger partial charge in [0.05, 0.1) is 18.2 Å². The zero-order chi connectivity index (χ0) is 24.7. The fourth-order valence-electron chi connectivity index (χ4n) is 3.15. The van der Waals surface area contributed by atoms with Crippen molar-refractivity contribution < 1.29 is 14.3 Å². The molecule has 2 aromatic heterocycles. The molecule has 0 atom stereocenters. The molecule has 0 bridgehead atoms. The van der Waals surface area contributed by atoms with Gasteiger partial charge in [0.1, 0.15) is 0 Å². The maximum atomic E-state index is 12.4. The molecule has 0 radical (unpaired) electrons. The van der Waals surface area contributed by atoms with Crippen LogP contribution in [0.1, 0.15) is 11.1 Å². The van der Waals surface area contributed by atoms with E-state index < -0.39 is 0 Å². The maximum Gasteiger partial charge on any atom is 0.250 e. The van der Waals surface area contributed by atoms with Crippen LogP contribution in [0.4, 0.5) is 0 Å². The molecule has 0 fully saturated rings. The fourth-order valence-corrected chi connectivity index (χ4v) is 3.95. The zero-order valence-corrected chi connectivity index (χ0v) is 20.2. The quantitative estimate of drug-likeness (QED) is 0.213. The van der Waals surface area contributed by atoms with Gasteiger partial charge in [-0.2, -0.15) is 14.9 Å². The van der Waals surface area contributed by atoms with Gasteiger partial charge in [0.15, 0.2) is 17.3 Å². The van der Waals surface area contributed by atoms with E-state index in [9.17, 15) is 4.79 Å². The van der Waals surface area contributed by atoms with Gasteiger partial charge in [0.2, 0.25) is 11.9 Å². The van der Waals surface area contributed by atoms with Gasteiger partial charge in [0.25, 0.3) is 5.91 Å². The van der Waals surface area contributed by atoms with Crippen LogP contribution in [0, 0.1) is 0 Å². The van der Waals surface area contributed by atoms with Crippen LogP contribution < -0.4 is 14.9 Å². The van der Waals surface area contributed by atoms with Crippen molar-refractivity contribution in [2.75, 3.05) is 12.5 Å². The third-order valence-electron chi connectivity index (χ3n) is 4.87. The molecule has 0 spiro atoms. The second-order valence-corrected chi connectivity index (χ2v) is 8.72. The Morgan fingerprint density at radius 2 is 1.81 bits per heavy atom. The third-order valence-corrected chi connectivity index (χ3v) is 6.05. The number of hydrogen-bond donors (Lipinski definition) is 1. The standard InChI is InChI=1S/C24H18ClN7O3S/c25-19-4-1-16(2-5-19)13-28-32-23(18-7-9-26-10-8-18)30-31-24(32)36-14-22(33)29-27-12-17-3-6-20-21(11-17)35-15-34-20/h1-13H,14-15H2,(H,29,33). The Bertz CT molecular complexity index is 1430. The van der Waals surface area contributed by atoms with E-state index in [4.69, 9.17) is 21.1 Å². The normalized spacial score (nSPS) is 12.5. The predicted molar refractivity (Wildman–Crippen MR) is 137 cm³/mol. The molecule has 0 saturated carbocycles. The van der Waals surface area contributed by atoms with Crippen molar-refractivity contribution in [2.24, 2.45) is 10.2 Å². The number of amides is 1. The molecule has 2 aromatic carbocycles. The van der Waals surface area contributed by atoms with Crippen molar-refractivity contribution >= 4 is 41.7 Å². The number of hydrazone groups is 1. The molecular formula is C24H18ClN7O3S. The molecule has 0 saturated heterocycles. The molecule has 10 nitrogen and oxygen atoms in total. The number of ether oxygens (including phenoxy) is 2. The van der Waals surface area contributed by atoms with Gasteiger partial charge in [-0.05, 0) is 53.6 Å². The van der Waals surface area contributed by atoms with Crippen molar-refractivity contribution in [3.63, 3.8) is 0 Å². The number of pyridine rings is 1. The number of nitrogens with zero attached hydrogens (tertiary/aromatic N) is 6. The summed E-state index contributed by atoms with van der Waals surface area (Å²) in [5, 5.41) is 18.1. The van der Waals surface area contributed by atoms with Gasteiger partial charge >= 0.3 is 0 Å². The smallest absolute Gasteiger partial charge is 0.250 e. The van der Waals surface area contributed by atoms with E-state index in [1.807, 2.05) is 30.3 Å². The lowest BCUT2D eigenvalue weighted by molar-refractivity contribution is -0.118. The van der Waals surface area contributed by atoms with Gasteiger partial charge in [-0.3, -0.25) is 9.78 Å². The maximum absolute atomic E-state index is 12.4. The molecule has 1 aliphatic heterocycles. The van der Waals surface area contributed by atoms with Crippen LogP contribution >= 0.6 is 23.4 Å². The third kappa shape index (κ3) is 5.70. The van der Waals surface area contributed by atoms with Crippen molar-refractivity contribution in [3.8, 4) is 22.9 Å². The molecule has 12 heteroatoms. The Kier molecular flexibility index (Phi) is 7.20. The van der Waals surface area contributed by atoms with Crippen LogP contribution in [-0.4, -0.2) is 50.7 Å². The molecule has 5 rings (SSSR count). The van der Waals surface area contributed by atoms with Crippen LogP contribution in [-0.2, 0) is 4.79 Å². The van der Waals surface area contributed by atoms with Gasteiger partial charge < -0.3 is 9.47 Å². The van der Waals surface area contributed by atoms with E-state index in [0.29, 0.717) is 27.5 Å². The second-order valence-electron chi connectivity index (χ2n) is 7.34. The van der Waals surface area contributed by atoms with Crippen LogP contribution in [0.15, 0.2) is 82.4 Å². The van der Waals surface area contributed by atoms with Crippen LogP contribution in [0.2, 0.25) is 5.02 Å². The first-order valence-electron chi connectivity index (χ1n) is 10.7. The summed E-state index contributed by atoms with van der Waals surface area (Å²) in [5.74, 6) is 1.60. The molecule has 4 aromatic rings. The number of nitrogens with one attached hydrogen (secondary N) is 1. The Morgan fingerprint density at radius 1 is 1.03 bits per heavy atom. The highest BCUT2D eigenvalue weighted by molar-refractivity contribution is 7.99. The van der Waals surface area contributed by atoms with E-state index in [-0.39, 0.29) is 18.5 Å². The molecule has 180 valence electrons. The lowest BCUT2D eigenvalue weighted by atomic mass is 10.2. The topological polar surface area (TPSA) is 116 Å². The lowest BCUT2D eigenvalue weighted by Crippen LogP contribution is -2.19. The Balaban J connectivity index is 1.27. The van der Waals surface area contributed by atoms with Gasteiger partial charge in [-0.1, -0.05) is 35.5 Å². The van der Waals surface area contributed by atoms with Crippen LogP contribution in [0.3, 0.4) is 0 Å². The van der Waals surface area contributed by atoms with E-state index in [0.717, 1.165) is 16.7 Å². The summed E-state index contributed by atoms with van der Waals surface area (Å²) in [4.78, 5) is 16.4. The first kappa shape index (κ1) is 23.5. The van der Waals surface area contributed by atoms with Gasteiger partial charge in [-0.15, -0.1) is 10.2 Å².